The monoisotopic (exact) mass is 439 g/mol. The van der Waals surface area contributed by atoms with E-state index < -0.39 is 0 Å². The standard InChI is InChI=1S/C22H25N5O3S/c1-15-20(31-22(24-15)17-6-4-3-5-7-17)21(28)23-8-11-30-19-14-18(25-16(2)26-19)27-9-12-29-13-10-27/h3-7,14H,8-13H2,1-2H3,(H,23,28). The highest BCUT2D eigenvalue weighted by Crippen LogP contribution is 2.27. The fraction of sp³-hybridized carbons (Fsp3) is 0.364. The van der Waals surface area contributed by atoms with Crippen molar-refractivity contribution < 1.29 is 14.3 Å². The summed E-state index contributed by atoms with van der Waals surface area (Å²) >= 11 is 1.39. The quantitative estimate of drug-likeness (QED) is 0.566. The van der Waals surface area contributed by atoms with Crippen LogP contribution >= 0.6 is 11.3 Å². The van der Waals surface area contributed by atoms with Crippen molar-refractivity contribution in [1.82, 2.24) is 20.3 Å². The molecule has 0 aliphatic carbocycles. The third-order valence-electron chi connectivity index (χ3n) is 4.80. The number of ether oxygens (including phenoxy) is 2. The molecule has 1 saturated heterocycles. The number of carbonyl (C=O) groups excluding carboxylic acids is 1. The number of nitrogens with zero attached hydrogens (tertiary/aromatic N) is 4. The van der Waals surface area contributed by atoms with E-state index in [0.717, 1.165) is 35.2 Å². The van der Waals surface area contributed by atoms with E-state index in [2.05, 4.69) is 25.2 Å². The van der Waals surface area contributed by atoms with E-state index in [1.54, 1.807) is 0 Å². The van der Waals surface area contributed by atoms with Gasteiger partial charge in [-0.3, -0.25) is 4.79 Å². The van der Waals surface area contributed by atoms with Gasteiger partial charge in [0.05, 0.1) is 25.5 Å². The highest BCUT2D eigenvalue weighted by Gasteiger charge is 2.17. The van der Waals surface area contributed by atoms with Gasteiger partial charge in [0.25, 0.3) is 5.91 Å². The van der Waals surface area contributed by atoms with Gasteiger partial charge < -0.3 is 19.7 Å². The lowest BCUT2D eigenvalue weighted by molar-refractivity contribution is 0.0950. The molecule has 1 aliphatic heterocycles. The van der Waals surface area contributed by atoms with Crippen molar-refractivity contribution in [2.24, 2.45) is 0 Å². The Morgan fingerprint density at radius 1 is 1.16 bits per heavy atom. The zero-order valence-electron chi connectivity index (χ0n) is 17.6. The van der Waals surface area contributed by atoms with Crippen molar-refractivity contribution in [3.8, 4) is 16.5 Å². The fourth-order valence-corrected chi connectivity index (χ4v) is 4.25. The molecule has 0 bridgehead atoms. The predicted octanol–water partition coefficient (Wildman–Crippen LogP) is 2.86. The van der Waals surface area contributed by atoms with Crippen LogP contribution < -0.4 is 15.0 Å². The molecule has 0 spiro atoms. The number of morpholine rings is 1. The molecule has 8 nitrogen and oxygen atoms in total. The van der Waals surface area contributed by atoms with E-state index in [1.807, 2.05) is 50.2 Å². The molecule has 0 unspecified atom stereocenters. The highest BCUT2D eigenvalue weighted by molar-refractivity contribution is 7.17. The minimum absolute atomic E-state index is 0.145. The number of aryl methyl sites for hydroxylation is 2. The number of aromatic nitrogens is 3. The first kappa shape index (κ1) is 21.2. The summed E-state index contributed by atoms with van der Waals surface area (Å²) < 4.78 is 11.2. The van der Waals surface area contributed by atoms with Crippen LogP contribution in [0.2, 0.25) is 0 Å². The number of hydrogen-bond acceptors (Lipinski definition) is 8. The van der Waals surface area contributed by atoms with E-state index in [-0.39, 0.29) is 5.91 Å². The molecule has 162 valence electrons. The van der Waals surface area contributed by atoms with Crippen molar-refractivity contribution in [2.75, 3.05) is 44.4 Å². The van der Waals surface area contributed by atoms with E-state index >= 15 is 0 Å². The SMILES string of the molecule is Cc1nc(OCCNC(=O)c2sc(-c3ccccc3)nc2C)cc(N2CCOCC2)n1. The van der Waals surface area contributed by atoms with Gasteiger partial charge in [-0.05, 0) is 13.8 Å². The van der Waals surface area contributed by atoms with Crippen LogP contribution in [0.15, 0.2) is 36.4 Å². The summed E-state index contributed by atoms with van der Waals surface area (Å²) in [4.78, 5) is 28.7. The smallest absolute Gasteiger partial charge is 0.263 e. The van der Waals surface area contributed by atoms with Gasteiger partial charge in [-0.1, -0.05) is 30.3 Å². The Morgan fingerprint density at radius 3 is 2.71 bits per heavy atom. The van der Waals surface area contributed by atoms with E-state index in [0.29, 0.717) is 42.9 Å². The normalized spacial score (nSPS) is 13.8. The third kappa shape index (κ3) is 5.36. The average Bonchev–Trinajstić information content (AvgIpc) is 3.19. The molecule has 1 amide bonds. The number of rotatable bonds is 7. The Morgan fingerprint density at radius 2 is 1.94 bits per heavy atom. The molecular weight excluding hydrogens is 414 g/mol. The van der Waals surface area contributed by atoms with Crippen LogP contribution in [0.25, 0.3) is 10.6 Å². The second-order valence-corrected chi connectivity index (χ2v) is 8.11. The van der Waals surface area contributed by atoms with Gasteiger partial charge in [-0.2, -0.15) is 4.98 Å². The van der Waals surface area contributed by atoms with Crippen molar-refractivity contribution >= 4 is 23.1 Å². The summed E-state index contributed by atoms with van der Waals surface area (Å²) in [6.45, 7) is 7.35. The van der Waals surface area contributed by atoms with Gasteiger partial charge in [0.2, 0.25) is 5.88 Å². The Labute approximate surface area is 185 Å². The molecular formula is C22H25N5O3S. The Kier molecular flexibility index (Phi) is 6.73. The molecule has 1 N–H and O–H groups in total. The maximum Gasteiger partial charge on any atom is 0.263 e. The van der Waals surface area contributed by atoms with Crippen LogP contribution in [0.4, 0.5) is 5.82 Å². The maximum absolute atomic E-state index is 12.6. The predicted molar refractivity (Wildman–Crippen MR) is 120 cm³/mol. The lowest BCUT2D eigenvalue weighted by Gasteiger charge is -2.28. The van der Waals surface area contributed by atoms with Crippen LogP contribution in [0, 0.1) is 13.8 Å². The molecule has 0 saturated carbocycles. The molecule has 1 fully saturated rings. The zero-order chi connectivity index (χ0) is 21.6. The van der Waals surface area contributed by atoms with Crippen LogP contribution in [0.3, 0.4) is 0 Å². The van der Waals surface area contributed by atoms with E-state index in [4.69, 9.17) is 9.47 Å². The topological polar surface area (TPSA) is 89.5 Å². The molecule has 2 aromatic heterocycles. The Balaban J connectivity index is 1.31. The van der Waals surface area contributed by atoms with Crippen molar-refractivity contribution in [3.05, 3.63) is 52.8 Å². The van der Waals surface area contributed by atoms with Crippen molar-refractivity contribution in [3.63, 3.8) is 0 Å². The van der Waals surface area contributed by atoms with Gasteiger partial charge in [0, 0.05) is 24.7 Å². The number of nitrogens with one attached hydrogen (secondary N) is 1. The summed E-state index contributed by atoms with van der Waals surface area (Å²) in [5.74, 6) is 1.84. The highest BCUT2D eigenvalue weighted by atomic mass is 32.1. The van der Waals surface area contributed by atoms with Crippen LogP contribution in [-0.2, 0) is 4.74 Å². The van der Waals surface area contributed by atoms with Crippen LogP contribution in [-0.4, -0.2) is 60.3 Å². The third-order valence-corrected chi connectivity index (χ3v) is 6.00. The first-order valence-corrected chi connectivity index (χ1v) is 11.0. The second-order valence-electron chi connectivity index (χ2n) is 7.11. The van der Waals surface area contributed by atoms with Gasteiger partial charge >= 0.3 is 0 Å². The largest absolute Gasteiger partial charge is 0.476 e. The zero-order valence-corrected chi connectivity index (χ0v) is 18.4. The summed E-state index contributed by atoms with van der Waals surface area (Å²) in [5.41, 5.74) is 1.73. The number of thiazole rings is 1. The summed E-state index contributed by atoms with van der Waals surface area (Å²) in [7, 11) is 0. The Bertz CT molecular complexity index is 1030. The number of benzene rings is 1. The molecule has 4 rings (SSSR count). The molecule has 1 aliphatic rings. The lowest BCUT2D eigenvalue weighted by atomic mass is 10.2. The van der Waals surface area contributed by atoms with Gasteiger partial charge in [0.1, 0.15) is 28.1 Å². The number of anilines is 1. The number of amides is 1. The molecule has 3 aromatic rings. The molecule has 0 radical (unpaired) electrons. The second kappa shape index (κ2) is 9.84. The average molecular weight is 440 g/mol. The first-order chi connectivity index (χ1) is 15.1. The van der Waals surface area contributed by atoms with Crippen LogP contribution in [0.5, 0.6) is 5.88 Å². The fourth-order valence-electron chi connectivity index (χ4n) is 3.27. The molecule has 1 aromatic carbocycles. The maximum atomic E-state index is 12.6. The van der Waals surface area contributed by atoms with E-state index in [9.17, 15) is 4.79 Å². The van der Waals surface area contributed by atoms with Gasteiger partial charge in [0.15, 0.2) is 0 Å². The lowest BCUT2D eigenvalue weighted by Crippen LogP contribution is -2.37. The number of carbonyl (C=O) groups is 1. The summed E-state index contributed by atoms with van der Waals surface area (Å²) in [6.07, 6.45) is 0. The van der Waals surface area contributed by atoms with Crippen molar-refractivity contribution in [1.29, 1.82) is 0 Å². The minimum Gasteiger partial charge on any atom is -0.476 e. The molecule has 3 heterocycles. The summed E-state index contributed by atoms with van der Waals surface area (Å²) in [6, 6.07) is 11.7. The molecule has 9 heteroatoms. The van der Waals surface area contributed by atoms with Gasteiger partial charge in [-0.15, -0.1) is 11.3 Å². The molecule has 31 heavy (non-hydrogen) atoms. The summed E-state index contributed by atoms with van der Waals surface area (Å²) in [5, 5.41) is 3.74. The van der Waals surface area contributed by atoms with E-state index in [1.165, 1.54) is 11.3 Å². The Hall–Kier alpha value is -3.04. The minimum atomic E-state index is -0.145. The molecule has 0 atom stereocenters. The van der Waals surface area contributed by atoms with Crippen LogP contribution in [0.1, 0.15) is 21.2 Å². The van der Waals surface area contributed by atoms with Gasteiger partial charge in [-0.25, -0.2) is 9.97 Å². The first-order valence-electron chi connectivity index (χ1n) is 10.2. The van der Waals surface area contributed by atoms with Crippen molar-refractivity contribution in [2.45, 2.75) is 13.8 Å². The number of hydrogen-bond donors (Lipinski definition) is 1.